The molecular formula is C18H15FN4S. The van der Waals surface area contributed by atoms with Gasteiger partial charge in [-0.25, -0.2) is 4.39 Å². The van der Waals surface area contributed by atoms with Crippen LogP contribution in [-0.2, 0) is 12.8 Å². The summed E-state index contributed by atoms with van der Waals surface area (Å²) in [5, 5.41) is 10.5. The number of nitrogens with one attached hydrogen (secondary N) is 1. The second-order valence-electron chi connectivity index (χ2n) is 5.53. The number of aromatic amines is 1. The van der Waals surface area contributed by atoms with E-state index in [9.17, 15) is 4.39 Å². The largest absolute Gasteiger partial charge is 0.360 e. The highest BCUT2D eigenvalue weighted by atomic mass is 32.2. The summed E-state index contributed by atoms with van der Waals surface area (Å²) < 4.78 is 15.2. The Morgan fingerprint density at radius 3 is 2.88 bits per heavy atom. The monoisotopic (exact) mass is 338 g/mol. The van der Waals surface area contributed by atoms with Gasteiger partial charge in [-0.05, 0) is 23.8 Å². The molecule has 4 aromatic rings. The summed E-state index contributed by atoms with van der Waals surface area (Å²) in [6, 6.07) is 14.7. The Hall–Kier alpha value is -2.60. The molecule has 0 saturated heterocycles. The average Bonchev–Trinajstić information content (AvgIpc) is 3.16. The summed E-state index contributed by atoms with van der Waals surface area (Å²) >= 11 is 1.54. The molecule has 0 unspecified atom stereocenters. The van der Waals surface area contributed by atoms with Gasteiger partial charge >= 0.3 is 0 Å². The topological polar surface area (TPSA) is 46.5 Å². The zero-order valence-electron chi connectivity index (χ0n) is 13.0. The summed E-state index contributed by atoms with van der Waals surface area (Å²) in [7, 11) is 1.95. The molecule has 0 amide bonds. The smallest absolute Gasteiger partial charge is 0.191 e. The molecule has 120 valence electrons. The zero-order valence-corrected chi connectivity index (χ0v) is 13.8. The fourth-order valence-corrected chi connectivity index (χ4v) is 3.56. The van der Waals surface area contributed by atoms with Gasteiger partial charge in [-0.3, -0.25) is 0 Å². The molecule has 0 aliphatic rings. The maximum absolute atomic E-state index is 13.3. The van der Waals surface area contributed by atoms with Crippen LogP contribution < -0.4 is 0 Å². The number of hydrogen-bond acceptors (Lipinski definition) is 3. The standard InChI is InChI=1S/C18H15FN4S/c1-23-17(15-10-20-16-8-3-2-7-14(15)16)21-22-18(23)24-11-12-5-4-6-13(19)9-12/h2-10,20H,11H2,1H3. The lowest BCUT2D eigenvalue weighted by atomic mass is 10.1. The number of thioether (sulfide) groups is 1. The molecule has 2 aromatic heterocycles. The van der Waals surface area contributed by atoms with Crippen LogP contribution in [0.15, 0.2) is 59.9 Å². The molecule has 0 aliphatic carbocycles. The third-order valence-corrected chi connectivity index (χ3v) is 5.01. The molecule has 0 spiro atoms. The summed E-state index contributed by atoms with van der Waals surface area (Å²) in [5.74, 6) is 1.25. The van der Waals surface area contributed by atoms with E-state index in [1.165, 1.54) is 6.07 Å². The van der Waals surface area contributed by atoms with Crippen molar-refractivity contribution >= 4 is 22.7 Å². The summed E-state index contributed by atoms with van der Waals surface area (Å²) in [4.78, 5) is 3.26. The van der Waals surface area contributed by atoms with Crippen LogP contribution in [0.3, 0.4) is 0 Å². The highest BCUT2D eigenvalue weighted by Gasteiger charge is 2.14. The molecule has 4 rings (SSSR count). The first-order valence-corrected chi connectivity index (χ1v) is 8.54. The Balaban J connectivity index is 1.61. The van der Waals surface area contributed by atoms with Crippen LogP contribution >= 0.6 is 11.8 Å². The fraction of sp³-hybridized carbons (Fsp3) is 0.111. The molecule has 2 heterocycles. The SMILES string of the molecule is Cn1c(SCc2cccc(F)c2)nnc1-c1c[nH]c2ccccc12. The lowest BCUT2D eigenvalue weighted by molar-refractivity contribution is 0.626. The van der Waals surface area contributed by atoms with Crippen LogP contribution in [0.2, 0.25) is 0 Å². The van der Waals surface area contributed by atoms with E-state index in [2.05, 4.69) is 21.2 Å². The van der Waals surface area contributed by atoms with Crippen molar-refractivity contribution in [3.8, 4) is 11.4 Å². The minimum absolute atomic E-state index is 0.217. The molecule has 0 radical (unpaired) electrons. The molecule has 0 fully saturated rings. The van der Waals surface area contributed by atoms with Crippen molar-refractivity contribution in [2.45, 2.75) is 10.9 Å². The minimum Gasteiger partial charge on any atom is -0.360 e. The van der Waals surface area contributed by atoms with Crippen molar-refractivity contribution in [2.24, 2.45) is 7.05 Å². The number of para-hydroxylation sites is 1. The molecule has 4 nitrogen and oxygen atoms in total. The van der Waals surface area contributed by atoms with Gasteiger partial charge in [-0.2, -0.15) is 0 Å². The third-order valence-electron chi connectivity index (χ3n) is 3.92. The molecule has 2 aromatic carbocycles. The number of nitrogens with zero attached hydrogens (tertiary/aromatic N) is 3. The third kappa shape index (κ3) is 2.69. The molecular weight excluding hydrogens is 323 g/mol. The van der Waals surface area contributed by atoms with E-state index in [1.807, 2.05) is 42.1 Å². The Labute approximate surface area is 142 Å². The lowest BCUT2D eigenvalue weighted by Gasteiger charge is -2.04. The number of fused-ring (bicyclic) bond motifs is 1. The lowest BCUT2D eigenvalue weighted by Crippen LogP contribution is -1.94. The van der Waals surface area contributed by atoms with E-state index in [0.717, 1.165) is 33.0 Å². The van der Waals surface area contributed by atoms with E-state index < -0.39 is 0 Å². The number of hydrogen-bond donors (Lipinski definition) is 1. The number of aromatic nitrogens is 4. The Bertz CT molecular complexity index is 1010. The molecule has 0 bridgehead atoms. The van der Waals surface area contributed by atoms with Crippen LogP contribution in [0.25, 0.3) is 22.3 Å². The molecule has 6 heteroatoms. The normalized spacial score (nSPS) is 11.2. The van der Waals surface area contributed by atoms with Crippen LogP contribution in [0.4, 0.5) is 4.39 Å². The molecule has 0 atom stereocenters. The van der Waals surface area contributed by atoms with Gasteiger partial charge in [0.2, 0.25) is 0 Å². The first kappa shape index (κ1) is 15.0. The van der Waals surface area contributed by atoms with Crippen LogP contribution in [-0.4, -0.2) is 19.7 Å². The van der Waals surface area contributed by atoms with Gasteiger partial charge < -0.3 is 9.55 Å². The quantitative estimate of drug-likeness (QED) is 0.561. The Morgan fingerprint density at radius 1 is 1.12 bits per heavy atom. The van der Waals surface area contributed by atoms with Gasteiger partial charge in [0.1, 0.15) is 5.82 Å². The molecule has 24 heavy (non-hydrogen) atoms. The van der Waals surface area contributed by atoms with Gasteiger partial charge in [0, 0.05) is 35.5 Å². The predicted molar refractivity (Wildman–Crippen MR) is 94.3 cm³/mol. The maximum Gasteiger partial charge on any atom is 0.191 e. The predicted octanol–water partition coefficient (Wildman–Crippen LogP) is 4.39. The Kier molecular flexibility index (Phi) is 3.82. The van der Waals surface area contributed by atoms with Crippen LogP contribution in [0, 0.1) is 5.82 Å². The summed E-state index contributed by atoms with van der Waals surface area (Å²) in [6.45, 7) is 0. The van der Waals surface area contributed by atoms with E-state index in [4.69, 9.17) is 0 Å². The molecule has 0 saturated carbocycles. The number of halogens is 1. The van der Waals surface area contributed by atoms with Crippen LogP contribution in [0.5, 0.6) is 0 Å². The van der Waals surface area contributed by atoms with E-state index in [-0.39, 0.29) is 5.82 Å². The number of H-pyrrole nitrogens is 1. The second-order valence-corrected chi connectivity index (χ2v) is 6.47. The first-order valence-electron chi connectivity index (χ1n) is 7.55. The van der Waals surface area contributed by atoms with Gasteiger partial charge in [0.05, 0.1) is 0 Å². The Morgan fingerprint density at radius 2 is 2.00 bits per heavy atom. The minimum atomic E-state index is -0.217. The van der Waals surface area contributed by atoms with Crippen molar-refractivity contribution in [3.63, 3.8) is 0 Å². The van der Waals surface area contributed by atoms with Crippen molar-refractivity contribution in [1.29, 1.82) is 0 Å². The zero-order chi connectivity index (χ0) is 16.5. The van der Waals surface area contributed by atoms with Gasteiger partial charge in [0.15, 0.2) is 11.0 Å². The van der Waals surface area contributed by atoms with E-state index in [1.54, 1.807) is 23.9 Å². The highest BCUT2D eigenvalue weighted by molar-refractivity contribution is 7.98. The van der Waals surface area contributed by atoms with Gasteiger partial charge in [-0.1, -0.05) is 42.1 Å². The fourth-order valence-electron chi connectivity index (χ4n) is 2.71. The van der Waals surface area contributed by atoms with Crippen LogP contribution in [0.1, 0.15) is 5.56 Å². The second kappa shape index (κ2) is 6.13. The van der Waals surface area contributed by atoms with Crippen molar-refractivity contribution < 1.29 is 4.39 Å². The number of rotatable bonds is 4. The van der Waals surface area contributed by atoms with Crippen molar-refractivity contribution in [1.82, 2.24) is 19.7 Å². The molecule has 0 aliphatic heterocycles. The summed E-state index contributed by atoms with van der Waals surface area (Å²) in [5.41, 5.74) is 3.03. The number of benzene rings is 2. The summed E-state index contributed by atoms with van der Waals surface area (Å²) in [6.07, 6.45) is 1.95. The highest BCUT2D eigenvalue weighted by Crippen LogP contribution is 2.30. The van der Waals surface area contributed by atoms with E-state index >= 15 is 0 Å². The molecule has 1 N–H and O–H groups in total. The van der Waals surface area contributed by atoms with Gasteiger partial charge in [-0.15, -0.1) is 10.2 Å². The first-order chi connectivity index (χ1) is 11.7. The van der Waals surface area contributed by atoms with Gasteiger partial charge in [0.25, 0.3) is 0 Å². The van der Waals surface area contributed by atoms with Crippen molar-refractivity contribution in [3.05, 3.63) is 66.1 Å². The van der Waals surface area contributed by atoms with E-state index in [0.29, 0.717) is 5.75 Å². The average molecular weight is 338 g/mol. The maximum atomic E-state index is 13.3. The van der Waals surface area contributed by atoms with Crippen molar-refractivity contribution in [2.75, 3.05) is 0 Å².